The Morgan fingerprint density at radius 3 is 2.55 bits per heavy atom. The zero-order valence-electron chi connectivity index (χ0n) is 10.0. The number of aromatic carboxylic acids is 1. The van der Waals surface area contributed by atoms with Crippen molar-refractivity contribution < 1.29 is 18.3 Å². The summed E-state index contributed by atoms with van der Waals surface area (Å²) < 4.78 is 26.3. The number of sulfonamides is 1. The number of carboxylic acids is 1. The van der Waals surface area contributed by atoms with Crippen molar-refractivity contribution in [3.8, 4) is 0 Å². The number of hydrogen-bond acceptors (Lipinski definition) is 6. The molecule has 11 heteroatoms. The molecular formula is C9H9N5O5S. The van der Waals surface area contributed by atoms with Crippen molar-refractivity contribution in [2.24, 2.45) is 0 Å². The molecule has 2 rings (SSSR count). The summed E-state index contributed by atoms with van der Waals surface area (Å²) in [6, 6.07) is 2.22. The van der Waals surface area contributed by atoms with E-state index in [-0.39, 0.29) is 11.5 Å². The minimum absolute atomic E-state index is 0.0688. The summed E-state index contributed by atoms with van der Waals surface area (Å²) in [4.78, 5) is 21.3. The van der Waals surface area contributed by atoms with Crippen molar-refractivity contribution in [2.45, 2.75) is 11.8 Å². The van der Waals surface area contributed by atoms with E-state index in [9.17, 15) is 18.0 Å². The van der Waals surface area contributed by atoms with E-state index in [2.05, 4.69) is 20.0 Å². The molecule has 2 heterocycles. The molecule has 2 aromatic rings. The number of aromatic nitrogens is 4. The van der Waals surface area contributed by atoms with Gasteiger partial charge in [-0.15, -0.1) is 0 Å². The SMILES string of the molecule is Cc1[nH]nc(C(=O)O)c1S(=O)(=O)Nc1ccc(=O)[nH]n1. The van der Waals surface area contributed by atoms with E-state index in [1.165, 1.54) is 6.92 Å². The number of nitrogens with one attached hydrogen (secondary N) is 3. The fourth-order valence-electron chi connectivity index (χ4n) is 1.48. The molecule has 0 aliphatic heterocycles. The molecule has 106 valence electrons. The summed E-state index contributed by atoms with van der Waals surface area (Å²) in [5.41, 5.74) is -1.06. The monoisotopic (exact) mass is 299 g/mol. The molecule has 0 radical (unpaired) electrons. The maximum atomic E-state index is 12.1. The predicted octanol–water partition coefficient (Wildman–Crippen LogP) is -0.700. The molecule has 0 atom stereocenters. The third kappa shape index (κ3) is 2.51. The molecule has 0 saturated carbocycles. The molecule has 0 spiro atoms. The Morgan fingerprint density at radius 2 is 2.00 bits per heavy atom. The first-order valence-electron chi connectivity index (χ1n) is 5.18. The molecule has 2 aromatic heterocycles. The van der Waals surface area contributed by atoms with Gasteiger partial charge < -0.3 is 5.11 Å². The predicted molar refractivity (Wildman–Crippen MR) is 66.0 cm³/mol. The lowest BCUT2D eigenvalue weighted by molar-refractivity contribution is 0.0686. The highest BCUT2D eigenvalue weighted by atomic mass is 32.2. The Hall–Kier alpha value is -2.69. The van der Waals surface area contributed by atoms with Gasteiger partial charge in [0.2, 0.25) is 0 Å². The van der Waals surface area contributed by atoms with Gasteiger partial charge in [-0.1, -0.05) is 0 Å². The molecule has 4 N–H and O–H groups in total. The number of rotatable bonds is 4. The number of hydrogen-bond donors (Lipinski definition) is 4. The van der Waals surface area contributed by atoms with Crippen LogP contribution >= 0.6 is 0 Å². The van der Waals surface area contributed by atoms with Crippen LogP contribution in [0.5, 0.6) is 0 Å². The second kappa shape index (κ2) is 4.77. The number of aromatic amines is 2. The van der Waals surface area contributed by atoms with Gasteiger partial charge >= 0.3 is 5.97 Å². The van der Waals surface area contributed by atoms with Crippen LogP contribution in [0.25, 0.3) is 0 Å². The minimum Gasteiger partial charge on any atom is -0.476 e. The Balaban J connectivity index is 2.45. The van der Waals surface area contributed by atoms with E-state index in [0.717, 1.165) is 12.1 Å². The molecule has 10 nitrogen and oxygen atoms in total. The normalized spacial score (nSPS) is 11.2. The lowest BCUT2D eigenvalue weighted by atomic mass is 10.4. The number of anilines is 1. The van der Waals surface area contributed by atoms with Crippen LogP contribution < -0.4 is 10.3 Å². The Morgan fingerprint density at radius 1 is 1.30 bits per heavy atom. The van der Waals surface area contributed by atoms with E-state index < -0.39 is 32.1 Å². The largest absolute Gasteiger partial charge is 0.476 e. The Labute approximate surface area is 111 Å². The van der Waals surface area contributed by atoms with Gasteiger partial charge in [-0.3, -0.25) is 14.6 Å². The number of H-pyrrole nitrogens is 2. The van der Waals surface area contributed by atoms with Gasteiger partial charge in [-0.25, -0.2) is 18.3 Å². The van der Waals surface area contributed by atoms with Gasteiger partial charge in [0.05, 0.1) is 5.69 Å². The van der Waals surface area contributed by atoms with Crippen LogP contribution in [0, 0.1) is 6.92 Å². The van der Waals surface area contributed by atoms with Crippen molar-refractivity contribution in [1.82, 2.24) is 20.4 Å². The fraction of sp³-hybridized carbons (Fsp3) is 0.111. The van der Waals surface area contributed by atoms with Gasteiger partial charge in [-0.05, 0) is 13.0 Å². The highest BCUT2D eigenvalue weighted by Crippen LogP contribution is 2.20. The lowest BCUT2D eigenvalue weighted by Gasteiger charge is -2.06. The first kappa shape index (κ1) is 13.7. The number of carbonyl (C=O) groups is 1. The standard InChI is InChI=1S/C9H9N5O5S/c1-4-8(7(9(16)17)13-10-4)20(18,19)14-5-2-3-6(15)12-11-5/h2-3H,1H3,(H,10,13)(H,11,14)(H,12,15)(H,16,17). The van der Waals surface area contributed by atoms with Gasteiger partial charge in [-0.2, -0.15) is 10.2 Å². The van der Waals surface area contributed by atoms with E-state index >= 15 is 0 Å². The average Bonchev–Trinajstić information content (AvgIpc) is 2.75. The maximum Gasteiger partial charge on any atom is 0.357 e. The maximum absolute atomic E-state index is 12.1. The van der Waals surface area contributed by atoms with Gasteiger partial charge in [0.15, 0.2) is 11.5 Å². The van der Waals surface area contributed by atoms with Crippen LogP contribution in [0.4, 0.5) is 5.82 Å². The van der Waals surface area contributed by atoms with Crippen molar-refractivity contribution >= 4 is 21.8 Å². The van der Waals surface area contributed by atoms with Crippen molar-refractivity contribution in [2.75, 3.05) is 4.72 Å². The summed E-state index contributed by atoms with van der Waals surface area (Å²) in [6.07, 6.45) is 0. The van der Waals surface area contributed by atoms with Crippen molar-refractivity contribution in [1.29, 1.82) is 0 Å². The quantitative estimate of drug-likeness (QED) is 0.581. The van der Waals surface area contributed by atoms with Gasteiger partial charge in [0, 0.05) is 6.07 Å². The second-order valence-corrected chi connectivity index (χ2v) is 5.36. The van der Waals surface area contributed by atoms with E-state index in [1.807, 2.05) is 5.10 Å². The zero-order chi connectivity index (χ0) is 14.9. The summed E-state index contributed by atoms with van der Waals surface area (Å²) in [5.74, 6) is -1.63. The van der Waals surface area contributed by atoms with Gasteiger partial charge in [0.25, 0.3) is 15.6 Å². The first-order valence-corrected chi connectivity index (χ1v) is 6.66. The van der Waals surface area contributed by atoms with Crippen LogP contribution in [0.3, 0.4) is 0 Å². The fourth-order valence-corrected chi connectivity index (χ4v) is 2.81. The van der Waals surface area contributed by atoms with E-state index in [4.69, 9.17) is 5.11 Å². The smallest absolute Gasteiger partial charge is 0.357 e. The van der Waals surface area contributed by atoms with Crippen LogP contribution in [-0.4, -0.2) is 39.9 Å². The molecule has 0 aliphatic rings. The van der Waals surface area contributed by atoms with Gasteiger partial charge in [0.1, 0.15) is 4.90 Å². The molecule has 20 heavy (non-hydrogen) atoms. The van der Waals surface area contributed by atoms with Crippen LogP contribution in [0.1, 0.15) is 16.2 Å². The second-order valence-electron chi connectivity index (χ2n) is 3.74. The van der Waals surface area contributed by atoms with Crippen molar-refractivity contribution in [3.63, 3.8) is 0 Å². The highest BCUT2D eigenvalue weighted by Gasteiger charge is 2.28. The average molecular weight is 299 g/mol. The van der Waals surface area contributed by atoms with E-state index in [0.29, 0.717) is 0 Å². The molecular weight excluding hydrogens is 290 g/mol. The van der Waals surface area contributed by atoms with Crippen molar-refractivity contribution in [3.05, 3.63) is 33.9 Å². The van der Waals surface area contributed by atoms with E-state index in [1.54, 1.807) is 0 Å². The van der Waals surface area contributed by atoms with Crippen LogP contribution in [0.2, 0.25) is 0 Å². The highest BCUT2D eigenvalue weighted by molar-refractivity contribution is 7.92. The summed E-state index contributed by atoms with van der Waals surface area (Å²) in [6.45, 7) is 1.37. The summed E-state index contributed by atoms with van der Waals surface area (Å²) in [5, 5.41) is 20.1. The number of aryl methyl sites for hydroxylation is 1. The molecule has 0 fully saturated rings. The number of nitrogens with zero attached hydrogens (tertiary/aromatic N) is 2. The Kier molecular flexibility index (Phi) is 3.28. The molecule has 0 bridgehead atoms. The summed E-state index contributed by atoms with van der Waals surface area (Å²) >= 11 is 0. The topological polar surface area (TPSA) is 158 Å². The zero-order valence-corrected chi connectivity index (χ0v) is 10.9. The molecule has 0 aliphatic carbocycles. The molecule has 0 saturated heterocycles. The van der Waals surface area contributed by atoms with Crippen LogP contribution in [-0.2, 0) is 10.0 Å². The molecule has 0 unspecified atom stereocenters. The molecule has 0 aromatic carbocycles. The molecule has 0 amide bonds. The first-order chi connectivity index (χ1) is 9.31. The minimum atomic E-state index is -4.20. The number of carboxylic acid groups (broad SMARTS) is 1. The Bertz CT molecular complexity index is 801. The lowest BCUT2D eigenvalue weighted by Crippen LogP contribution is -2.19. The van der Waals surface area contributed by atoms with Crippen LogP contribution in [0.15, 0.2) is 21.8 Å². The third-order valence-corrected chi connectivity index (χ3v) is 3.80. The third-order valence-electron chi connectivity index (χ3n) is 2.28. The summed E-state index contributed by atoms with van der Waals surface area (Å²) in [7, 11) is -4.20.